The number of nitriles is 1. The van der Waals surface area contributed by atoms with E-state index in [0.29, 0.717) is 24.7 Å². The number of hydrogen-bond acceptors (Lipinski definition) is 4. The van der Waals surface area contributed by atoms with Crippen LogP contribution >= 0.6 is 0 Å². The Balaban J connectivity index is 2.14. The first-order valence-electron chi connectivity index (χ1n) is 6.25. The Morgan fingerprint density at radius 2 is 2.05 bits per heavy atom. The number of nitrogens with zero attached hydrogens (tertiary/aromatic N) is 2. The molecule has 19 heavy (non-hydrogen) atoms. The monoisotopic (exact) mass is 256 g/mol. The van der Waals surface area contributed by atoms with Crippen molar-refractivity contribution in [1.29, 1.82) is 5.26 Å². The van der Waals surface area contributed by atoms with Gasteiger partial charge < -0.3 is 9.47 Å². The topological polar surface area (TPSA) is 55.1 Å². The lowest BCUT2D eigenvalue weighted by atomic mass is 10.1. The summed E-state index contributed by atoms with van der Waals surface area (Å²) in [7, 11) is 0. The number of hydrogen-bond donors (Lipinski definition) is 0. The van der Waals surface area contributed by atoms with Gasteiger partial charge in [-0.3, -0.25) is 0 Å². The normalized spacial score (nSPS) is 10.6. The standard InChI is InChI=1S/C15H16N2O2/c1-11(2)18-7-8-19-15-9-12(10-16)13-5-3-4-6-14(13)17-15/h3-6,9,11H,7-8H2,1-2H3. The first kappa shape index (κ1) is 13.3. The average Bonchev–Trinajstić information content (AvgIpc) is 2.42. The highest BCUT2D eigenvalue weighted by Gasteiger charge is 2.05. The third kappa shape index (κ3) is 3.43. The van der Waals surface area contributed by atoms with E-state index in [1.54, 1.807) is 6.07 Å². The third-order valence-corrected chi connectivity index (χ3v) is 2.60. The number of aromatic nitrogens is 1. The van der Waals surface area contributed by atoms with Gasteiger partial charge in [0.2, 0.25) is 5.88 Å². The van der Waals surface area contributed by atoms with Crippen LogP contribution in [0, 0.1) is 11.3 Å². The van der Waals surface area contributed by atoms with Crippen molar-refractivity contribution in [3.8, 4) is 11.9 Å². The van der Waals surface area contributed by atoms with Gasteiger partial charge in [0.25, 0.3) is 0 Å². The van der Waals surface area contributed by atoms with Crippen LogP contribution in [0.3, 0.4) is 0 Å². The molecule has 0 N–H and O–H groups in total. The molecular weight excluding hydrogens is 240 g/mol. The van der Waals surface area contributed by atoms with Crippen LogP contribution in [0.1, 0.15) is 19.4 Å². The van der Waals surface area contributed by atoms with Crippen LogP contribution in [0.4, 0.5) is 0 Å². The van der Waals surface area contributed by atoms with Crippen molar-refractivity contribution < 1.29 is 9.47 Å². The predicted molar refractivity (Wildman–Crippen MR) is 73.0 cm³/mol. The molecule has 0 saturated carbocycles. The number of pyridine rings is 1. The predicted octanol–water partition coefficient (Wildman–Crippen LogP) is 2.91. The van der Waals surface area contributed by atoms with Gasteiger partial charge in [0.15, 0.2) is 0 Å². The van der Waals surface area contributed by atoms with E-state index >= 15 is 0 Å². The van der Waals surface area contributed by atoms with Crippen molar-refractivity contribution in [2.75, 3.05) is 13.2 Å². The minimum Gasteiger partial charge on any atom is -0.475 e. The second-order valence-corrected chi connectivity index (χ2v) is 4.41. The molecule has 0 unspecified atom stereocenters. The maximum Gasteiger partial charge on any atom is 0.215 e. The first-order valence-corrected chi connectivity index (χ1v) is 6.25. The molecule has 0 aliphatic heterocycles. The van der Waals surface area contributed by atoms with Crippen molar-refractivity contribution >= 4 is 10.9 Å². The molecule has 0 aliphatic carbocycles. The van der Waals surface area contributed by atoms with Crippen molar-refractivity contribution in [3.05, 3.63) is 35.9 Å². The lowest BCUT2D eigenvalue weighted by Crippen LogP contribution is -2.11. The van der Waals surface area contributed by atoms with Gasteiger partial charge in [-0.1, -0.05) is 18.2 Å². The Kier molecular flexibility index (Phi) is 4.32. The molecule has 0 amide bonds. The summed E-state index contributed by atoms with van der Waals surface area (Å²) in [6.07, 6.45) is 0.183. The molecule has 0 fully saturated rings. The zero-order valence-electron chi connectivity index (χ0n) is 11.1. The van der Waals surface area contributed by atoms with E-state index in [-0.39, 0.29) is 6.10 Å². The van der Waals surface area contributed by atoms with Crippen LogP contribution in [-0.4, -0.2) is 24.3 Å². The highest BCUT2D eigenvalue weighted by molar-refractivity contribution is 5.85. The SMILES string of the molecule is CC(C)OCCOc1cc(C#N)c2ccccc2n1. The summed E-state index contributed by atoms with van der Waals surface area (Å²) < 4.78 is 10.9. The van der Waals surface area contributed by atoms with E-state index in [1.807, 2.05) is 38.1 Å². The molecule has 4 nitrogen and oxygen atoms in total. The summed E-state index contributed by atoms with van der Waals surface area (Å²) in [4.78, 5) is 4.37. The Labute approximate surface area is 112 Å². The maximum atomic E-state index is 9.15. The average molecular weight is 256 g/mol. The number of para-hydroxylation sites is 1. The minimum absolute atomic E-state index is 0.183. The molecule has 2 aromatic rings. The molecule has 0 spiro atoms. The van der Waals surface area contributed by atoms with E-state index in [1.165, 1.54) is 0 Å². The van der Waals surface area contributed by atoms with Gasteiger partial charge in [-0.05, 0) is 19.9 Å². The summed E-state index contributed by atoms with van der Waals surface area (Å²) in [5.74, 6) is 0.461. The number of rotatable bonds is 5. The fraction of sp³-hybridized carbons (Fsp3) is 0.333. The molecule has 0 bridgehead atoms. The molecule has 4 heteroatoms. The van der Waals surface area contributed by atoms with E-state index < -0.39 is 0 Å². The first-order chi connectivity index (χ1) is 9.20. The quantitative estimate of drug-likeness (QED) is 0.772. The van der Waals surface area contributed by atoms with Crippen LogP contribution in [0.2, 0.25) is 0 Å². The molecule has 0 saturated heterocycles. The Hall–Kier alpha value is -2.12. The number of fused-ring (bicyclic) bond motifs is 1. The minimum atomic E-state index is 0.183. The lowest BCUT2D eigenvalue weighted by molar-refractivity contribution is 0.0543. The van der Waals surface area contributed by atoms with E-state index in [2.05, 4.69) is 11.1 Å². The van der Waals surface area contributed by atoms with Gasteiger partial charge in [-0.25, -0.2) is 4.98 Å². The van der Waals surface area contributed by atoms with Gasteiger partial charge in [-0.15, -0.1) is 0 Å². The fourth-order valence-electron chi connectivity index (χ4n) is 1.75. The number of benzene rings is 1. The summed E-state index contributed by atoms with van der Waals surface area (Å²) in [6.45, 7) is 4.88. The molecule has 1 aromatic heterocycles. The summed E-state index contributed by atoms with van der Waals surface area (Å²) in [5, 5.41) is 9.99. The molecule has 0 aliphatic rings. The van der Waals surface area contributed by atoms with Gasteiger partial charge in [0, 0.05) is 11.5 Å². The second-order valence-electron chi connectivity index (χ2n) is 4.41. The zero-order valence-corrected chi connectivity index (χ0v) is 11.1. The van der Waals surface area contributed by atoms with Crippen LogP contribution in [0.5, 0.6) is 5.88 Å². The number of ether oxygens (including phenoxy) is 2. The van der Waals surface area contributed by atoms with Gasteiger partial charge >= 0.3 is 0 Å². The molecule has 98 valence electrons. The largest absolute Gasteiger partial charge is 0.475 e. The van der Waals surface area contributed by atoms with Gasteiger partial charge in [-0.2, -0.15) is 5.26 Å². The highest BCUT2D eigenvalue weighted by Crippen LogP contribution is 2.21. The zero-order chi connectivity index (χ0) is 13.7. The molecule has 0 atom stereocenters. The molecule has 1 aromatic carbocycles. The molecule has 1 heterocycles. The van der Waals surface area contributed by atoms with Crippen molar-refractivity contribution in [2.24, 2.45) is 0 Å². The van der Waals surface area contributed by atoms with Crippen LogP contribution in [0.15, 0.2) is 30.3 Å². The maximum absolute atomic E-state index is 9.15. The highest BCUT2D eigenvalue weighted by atomic mass is 16.5. The Bertz CT molecular complexity index is 603. The molecule has 0 radical (unpaired) electrons. The molecular formula is C15H16N2O2. The van der Waals surface area contributed by atoms with Crippen molar-refractivity contribution in [1.82, 2.24) is 4.98 Å². The lowest BCUT2D eigenvalue weighted by Gasteiger charge is -2.09. The second kappa shape index (κ2) is 6.17. The summed E-state index contributed by atoms with van der Waals surface area (Å²) in [6, 6.07) is 11.4. The van der Waals surface area contributed by atoms with E-state index in [0.717, 1.165) is 10.9 Å². The van der Waals surface area contributed by atoms with Crippen LogP contribution < -0.4 is 4.74 Å². The molecule has 2 rings (SSSR count). The fourth-order valence-corrected chi connectivity index (χ4v) is 1.75. The van der Waals surface area contributed by atoms with Gasteiger partial charge in [0.1, 0.15) is 12.7 Å². The van der Waals surface area contributed by atoms with Crippen molar-refractivity contribution in [2.45, 2.75) is 20.0 Å². The summed E-state index contributed by atoms with van der Waals surface area (Å²) >= 11 is 0. The Morgan fingerprint density at radius 3 is 2.79 bits per heavy atom. The van der Waals surface area contributed by atoms with Crippen LogP contribution in [-0.2, 0) is 4.74 Å². The summed E-state index contributed by atoms with van der Waals surface area (Å²) in [5.41, 5.74) is 1.34. The smallest absolute Gasteiger partial charge is 0.215 e. The Morgan fingerprint density at radius 1 is 1.26 bits per heavy atom. The van der Waals surface area contributed by atoms with E-state index in [4.69, 9.17) is 14.7 Å². The third-order valence-electron chi connectivity index (χ3n) is 2.60. The van der Waals surface area contributed by atoms with Gasteiger partial charge in [0.05, 0.1) is 23.8 Å². The van der Waals surface area contributed by atoms with Crippen molar-refractivity contribution in [3.63, 3.8) is 0 Å². The van der Waals surface area contributed by atoms with Crippen LogP contribution in [0.25, 0.3) is 10.9 Å². The van der Waals surface area contributed by atoms with E-state index in [9.17, 15) is 0 Å².